The van der Waals surface area contributed by atoms with Crippen LogP contribution in [0.2, 0.25) is 0 Å². The van der Waals surface area contributed by atoms with E-state index in [0.717, 1.165) is 31.2 Å². The predicted molar refractivity (Wildman–Crippen MR) is 98.5 cm³/mol. The molecule has 0 saturated heterocycles. The highest BCUT2D eigenvalue weighted by molar-refractivity contribution is 6.06. The molecule has 3 heteroatoms. The lowest BCUT2D eigenvalue weighted by Crippen LogP contribution is -2.22. The van der Waals surface area contributed by atoms with Gasteiger partial charge in [0.2, 0.25) is 0 Å². The Morgan fingerprint density at radius 3 is 2.44 bits per heavy atom. The van der Waals surface area contributed by atoms with Gasteiger partial charge in [-0.3, -0.25) is 9.59 Å². The Bertz CT molecular complexity index is 756. The zero-order valence-electron chi connectivity index (χ0n) is 14.2. The highest BCUT2D eigenvalue weighted by Gasteiger charge is 2.22. The number of carbonyl (C=O) groups excluding carboxylic acids is 2. The second kappa shape index (κ2) is 8.43. The zero-order chi connectivity index (χ0) is 17.5. The first-order valence-electron chi connectivity index (χ1n) is 8.81. The Morgan fingerprint density at radius 2 is 1.68 bits per heavy atom. The van der Waals surface area contributed by atoms with Crippen LogP contribution >= 0.6 is 0 Å². The lowest BCUT2D eigenvalue weighted by Gasteiger charge is -2.19. The molecular weight excluding hydrogens is 312 g/mol. The number of carbonyl (C=O) groups is 2. The van der Waals surface area contributed by atoms with Gasteiger partial charge in [-0.2, -0.15) is 0 Å². The van der Waals surface area contributed by atoms with Crippen molar-refractivity contribution in [1.29, 1.82) is 0 Å². The molecule has 0 N–H and O–H groups in total. The fourth-order valence-corrected chi connectivity index (χ4v) is 3.09. The first-order chi connectivity index (χ1) is 12.2. The zero-order valence-corrected chi connectivity index (χ0v) is 14.2. The van der Waals surface area contributed by atoms with E-state index in [4.69, 9.17) is 4.74 Å². The molecule has 25 heavy (non-hydrogen) atoms. The highest BCUT2D eigenvalue weighted by atomic mass is 16.5. The first kappa shape index (κ1) is 17.2. The molecule has 0 radical (unpaired) electrons. The molecule has 0 unspecified atom stereocenters. The molecule has 3 rings (SSSR count). The van der Waals surface area contributed by atoms with Crippen LogP contribution in [0.25, 0.3) is 6.08 Å². The average molecular weight is 334 g/mol. The SMILES string of the molecule is O=C(/C=C/c1cccc(OC(=O)C2CCCCC2)c1)c1ccccc1. The number of rotatable bonds is 5. The second-order valence-electron chi connectivity index (χ2n) is 6.39. The van der Waals surface area contributed by atoms with E-state index in [1.807, 2.05) is 30.3 Å². The summed E-state index contributed by atoms with van der Waals surface area (Å²) in [4.78, 5) is 24.4. The summed E-state index contributed by atoms with van der Waals surface area (Å²) in [7, 11) is 0. The van der Waals surface area contributed by atoms with E-state index in [1.165, 1.54) is 12.5 Å². The second-order valence-corrected chi connectivity index (χ2v) is 6.39. The fourth-order valence-electron chi connectivity index (χ4n) is 3.09. The molecule has 1 saturated carbocycles. The van der Waals surface area contributed by atoms with Crippen molar-refractivity contribution in [2.75, 3.05) is 0 Å². The summed E-state index contributed by atoms with van der Waals surface area (Å²) < 4.78 is 5.53. The molecule has 0 spiro atoms. The largest absolute Gasteiger partial charge is 0.426 e. The molecule has 3 nitrogen and oxygen atoms in total. The number of benzene rings is 2. The normalized spacial score (nSPS) is 15.2. The van der Waals surface area contributed by atoms with Crippen molar-refractivity contribution >= 4 is 17.8 Å². The molecule has 2 aromatic carbocycles. The third-order valence-electron chi connectivity index (χ3n) is 4.50. The van der Waals surface area contributed by atoms with Gasteiger partial charge >= 0.3 is 5.97 Å². The van der Waals surface area contributed by atoms with Gasteiger partial charge in [0.05, 0.1) is 5.92 Å². The summed E-state index contributed by atoms with van der Waals surface area (Å²) in [5, 5.41) is 0. The van der Waals surface area contributed by atoms with E-state index >= 15 is 0 Å². The van der Waals surface area contributed by atoms with Crippen molar-refractivity contribution in [3.8, 4) is 5.75 Å². The molecule has 1 fully saturated rings. The number of hydrogen-bond donors (Lipinski definition) is 0. The molecule has 0 aromatic heterocycles. The molecule has 0 aliphatic heterocycles. The third-order valence-corrected chi connectivity index (χ3v) is 4.50. The highest BCUT2D eigenvalue weighted by Crippen LogP contribution is 2.26. The van der Waals surface area contributed by atoms with Crippen molar-refractivity contribution in [3.05, 3.63) is 71.8 Å². The van der Waals surface area contributed by atoms with Gasteiger partial charge in [0.1, 0.15) is 5.75 Å². The standard InChI is InChI=1S/C22H22O3/c23-21(18-9-3-1-4-10-18)15-14-17-8-7-13-20(16-17)25-22(24)19-11-5-2-6-12-19/h1,3-4,7-10,13-16,19H,2,5-6,11-12H2/b15-14+. The quantitative estimate of drug-likeness (QED) is 0.332. The van der Waals surface area contributed by atoms with Crippen molar-refractivity contribution in [2.24, 2.45) is 5.92 Å². The van der Waals surface area contributed by atoms with E-state index in [2.05, 4.69) is 0 Å². The molecule has 1 aliphatic carbocycles. The van der Waals surface area contributed by atoms with Crippen LogP contribution in [0, 0.1) is 5.92 Å². The smallest absolute Gasteiger partial charge is 0.314 e. The van der Waals surface area contributed by atoms with Crippen LogP contribution in [0.15, 0.2) is 60.7 Å². The van der Waals surface area contributed by atoms with Gasteiger partial charge in [0.15, 0.2) is 5.78 Å². The molecule has 128 valence electrons. The van der Waals surface area contributed by atoms with Crippen LogP contribution in [0.3, 0.4) is 0 Å². The molecular formula is C22H22O3. The maximum atomic E-state index is 12.2. The predicted octanol–water partition coefficient (Wildman–Crippen LogP) is 5.07. The fraction of sp³-hybridized carbons (Fsp3) is 0.273. The van der Waals surface area contributed by atoms with Crippen molar-refractivity contribution in [3.63, 3.8) is 0 Å². The van der Waals surface area contributed by atoms with Gasteiger partial charge in [-0.1, -0.05) is 67.8 Å². The van der Waals surface area contributed by atoms with Crippen LogP contribution in [-0.2, 0) is 4.79 Å². The van der Waals surface area contributed by atoms with Gasteiger partial charge in [0.25, 0.3) is 0 Å². The Balaban J connectivity index is 1.64. The number of hydrogen-bond acceptors (Lipinski definition) is 3. The summed E-state index contributed by atoms with van der Waals surface area (Å²) in [6.07, 6.45) is 8.53. The van der Waals surface area contributed by atoms with Gasteiger partial charge in [-0.25, -0.2) is 0 Å². The van der Waals surface area contributed by atoms with E-state index < -0.39 is 0 Å². The lowest BCUT2D eigenvalue weighted by atomic mass is 9.89. The molecule has 1 aliphatic rings. The molecule has 0 heterocycles. The molecule has 2 aromatic rings. The Hall–Kier alpha value is -2.68. The maximum Gasteiger partial charge on any atom is 0.314 e. The van der Waals surface area contributed by atoms with E-state index in [1.54, 1.807) is 30.3 Å². The van der Waals surface area contributed by atoms with Crippen molar-refractivity contribution in [2.45, 2.75) is 32.1 Å². The number of esters is 1. The van der Waals surface area contributed by atoms with E-state index in [0.29, 0.717) is 11.3 Å². The van der Waals surface area contributed by atoms with Gasteiger partial charge < -0.3 is 4.74 Å². The third kappa shape index (κ3) is 4.90. The summed E-state index contributed by atoms with van der Waals surface area (Å²) in [6.45, 7) is 0. The number of ether oxygens (including phenoxy) is 1. The van der Waals surface area contributed by atoms with Gasteiger partial charge in [-0.05, 0) is 36.6 Å². The summed E-state index contributed by atoms with van der Waals surface area (Å²) >= 11 is 0. The average Bonchev–Trinajstić information content (AvgIpc) is 2.68. The first-order valence-corrected chi connectivity index (χ1v) is 8.81. The minimum Gasteiger partial charge on any atom is -0.426 e. The molecule has 0 amide bonds. The molecule has 0 atom stereocenters. The van der Waals surface area contributed by atoms with Crippen LogP contribution < -0.4 is 4.74 Å². The van der Waals surface area contributed by atoms with Gasteiger partial charge in [0, 0.05) is 5.56 Å². The van der Waals surface area contributed by atoms with Gasteiger partial charge in [-0.15, -0.1) is 0 Å². The van der Waals surface area contributed by atoms with Crippen molar-refractivity contribution in [1.82, 2.24) is 0 Å². The van der Waals surface area contributed by atoms with Crippen molar-refractivity contribution < 1.29 is 14.3 Å². The van der Waals surface area contributed by atoms with E-state index in [9.17, 15) is 9.59 Å². The molecule has 0 bridgehead atoms. The summed E-state index contributed by atoms with van der Waals surface area (Å²) in [5.41, 5.74) is 1.48. The van der Waals surface area contributed by atoms with E-state index in [-0.39, 0.29) is 17.7 Å². The minimum absolute atomic E-state index is 0.0209. The summed E-state index contributed by atoms with van der Waals surface area (Å²) in [6, 6.07) is 16.4. The van der Waals surface area contributed by atoms with Crippen LogP contribution in [0.5, 0.6) is 5.75 Å². The Morgan fingerprint density at radius 1 is 0.920 bits per heavy atom. The van der Waals surface area contributed by atoms with Crippen LogP contribution in [-0.4, -0.2) is 11.8 Å². The Labute approximate surface area is 148 Å². The minimum atomic E-state index is -0.138. The number of allylic oxidation sites excluding steroid dienone is 1. The number of ketones is 1. The van der Waals surface area contributed by atoms with Crippen LogP contribution in [0.1, 0.15) is 48.0 Å². The Kier molecular flexibility index (Phi) is 5.78. The monoisotopic (exact) mass is 334 g/mol. The van der Waals surface area contributed by atoms with Crippen LogP contribution in [0.4, 0.5) is 0 Å². The summed E-state index contributed by atoms with van der Waals surface area (Å²) in [5.74, 6) is 0.365. The topological polar surface area (TPSA) is 43.4 Å². The maximum absolute atomic E-state index is 12.2. The lowest BCUT2D eigenvalue weighted by molar-refractivity contribution is -0.139.